The highest BCUT2D eigenvalue weighted by Gasteiger charge is 2.54. The number of aromatic nitrogens is 3. The predicted octanol–water partition coefficient (Wildman–Crippen LogP) is 3.18. The lowest BCUT2D eigenvalue weighted by atomic mass is 9.81. The van der Waals surface area contributed by atoms with E-state index in [1.807, 2.05) is 13.8 Å². The smallest absolute Gasteiger partial charge is 0.430 e. The summed E-state index contributed by atoms with van der Waals surface area (Å²) in [6.07, 6.45) is 4.61. The molecular weight excluding hydrogens is 647 g/mol. The van der Waals surface area contributed by atoms with Crippen molar-refractivity contribution in [3.05, 3.63) is 33.8 Å². The number of hydrogen-bond donors (Lipinski definition) is 2. The number of carbonyl (C=O) groups excluding carboxylic acids is 4. The van der Waals surface area contributed by atoms with Gasteiger partial charge in [0.1, 0.15) is 29.4 Å². The van der Waals surface area contributed by atoms with Crippen LogP contribution in [0.25, 0.3) is 6.08 Å². The van der Waals surface area contributed by atoms with Gasteiger partial charge in [0, 0.05) is 18.1 Å². The Morgan fingerprint density at radius 2 is 1.96 bits per heavy atom. The molecule has 0 spiro atoms. The molecule has 5 rings (SSSR count). The molecule has 3 aliphatic rings. The molecule has 5 atom stereocenters. The predicted molar refractivity (Wildman–Crippen MR) is 166 cm³/mol. The number of anilines is 1. The number of nitrogens with two attached hydrogens (primary N) is 1. The Labute approximate surface area is 270 Å². The minimum Gasteiger partial charge on any atom is -0.430 e. The standard InChI is InChI=1S/C27H31N7O8S3/c1-13-5-4-6-14(2)22(13)41-27(38)40-15(3)39-25(37)21-16(7-8-17-11-45-33-32-17)10-43-24-20(23(36)34(21)24)30-18(35)9-29-42-19-12-44-26(28)31-19/h7-9,11-15,20,22,24H,4-6,10H2,1-3H3,(H2,28,31)(H,30,35)/b8-7-,29-9-. The van der Waals surface area contributed by atoms with Crippen molar-refractivity contribution in [3.63, 3.8) is 0 Å². The number of hydrogen-bond acceptors (Lipinski definition) is 16. The second-order valence-electron chi connectivity index (χ2n) is 10.6. The van der Waals surface area contributed by atoms with Crippen molar-refractivity contribution in [3.8, 4) is 5.88 Å². The van der Waals surface area contributed by atoms with Gasteiger partial charge in [-0.2, -0.15) is 4.98 Å². The largest absolute Gasteiger partial charge is 0.511 e. The van der Waals surface area contributed by atoms with Gasteiger partial charge < -0.3 is 30.1 Å². The Bertz CT molecular complexity index is 1500. The average molecular weight is 678 g/mol. The molecule has 2 amide bonds. The first-order valence-electron chi connectivity index (χ1n) is 14.0. The molecule has 15 nitrogen and oxygen atoms in total. The van der Waals surface area contributed by atoms with E-state index in [1.165, 1.54) is 40.5 Å². The SMILES string of the molecule is CC(OC(=O)OC1C(C)CCCC1C)OC(=O)C1=C(/C=C\c2csnn2)CSC2C(NC(=O)/C=N\Oc3csc(N)n3)C(=O)N12. The lowest BCUT2D eigenvalue weighted by Crippen LogP contribution is -2.70. The highest BCUT2D eigenvalue weighted by atomic mass is 32.2. The van der Waals surface area contributed by atoms with Crippen LogP contribution < -0.4 is 15.9 Å². The summed E-state index contributed by atoms with van der Waals surface area (Å²) in [5.41, 5.74) is 6.54. The lowest BCUT2D eigenvalue weighted by molar-refractivity contribution is -0.171. The molecule has 2 aliphatic heterocycles. The Balaban J connectivity index is 1.24. The van der Waals surface area contributed by atoms with Crippen LogP contribution in [0.5, 0.6) is 5.88 Å². The maximum Gasteiger partial charge on any atom is 0.511 e. The highest BCUT2D eigenvalue weighted by molar-refractivity contribution is 8.00. The first kappa shape index (κ1) is 32.4. The number of amides is 2. The van der Waals surface area contributed by atoms with Gasteiger partial charge in [-0.05, 0) is 47.9 Å². The minimum absolute atomic E-state index is 0.0369. The van der Waals surface area contributed by atoms with E-state index in [-0.39, 0.29) is 34.6 Å². The van der Waals surface area contributed by atoms with Crippen LogP contribution in [0.2, 0.25) is 0 Å². The zero-order chi connectivity index (χ0) is 32.1. The van der Waals surface area contributed by atoms with Gasteiger partial charge in [-0.3, -0.25) is 14.5 Å². The number of nitrogens with one attached hydrogen (secondary N) is 1. The van der Waals surface area contributed by atoms with E-state index in [9.17, 15) is 19.2 Å². The Morgan fingerprint density at radius 1 is 1.18 bits per heavy atom. The van der Waals surface area contributed by atoms with Gasteiger partial charge in [-0.1, -0.05) is 36.0 Å². The van der Waals surface area contributed by atoms with Gasteiger partial charge in [0.2, 0.25) is 6.29 Å². The number of ether oxygens (including phenoxy) is 3. The second-order valence-corrected chi connectivity index (χ2v) is 13.2. The fourth-order valence-electron chi connectivity index (χ4n) is 5.21. The molecule has 2 fully saturated rings. The normalized spacial score (nSPS) is 25.4. The van der Waals surface area contributed by atoms with Crippen molar-refractivity contribution in [2.75, 3.05) is 11.5 Å². The maximum absolute atomic E-state index is 13.5. The van der Waals surface area contributed by atoms with E-state index in [0.29, 0.717) is 17.0 Å². The van der Waals surface area contributed by atoms with Crippen LogP contribution in [-0.2, 0) is 28.6 Å². The maximum atomic E-state index is 13.5. The van der Waals surface area contributed by atoms with Gasteiger partial charge in [-0.15, -0.1) is 28.2 Å². The van der Waals surface area contributed by atoms with Gasteiger partial charge >= 0.3 is 12.1 Å². The van der Waals surface area contributed by atoms with Crippen molar-refractivity contribution >= 4 is 76.0 Å². The summed E-state index contributed by atoms with van der Waals surface area (Å²) in [7, 11) is 0. The van der Waals surface area contributed by atoms with Crippen molar-refractivity contribution in [2.24, 2.45) is 17.0 Å². The molecule has 1 saturated heterocycles. The van der Waals surface area contributed by atoms with Crippen LogP contribution in [0.3, 0.4) is 0 Å². The number of oxime groups is 1. The molecule has 1 aliphatic carbocycles. The highest BCUT2D eigenvalue weighted by Crippen LogP contribution is 2.41. The number of β-lactam (4-membered cyclic amide) rings is 1. The van der Waals surface area contributed by atoms with Crippen LogP contribution in [0, 0.1) is 11.8 Å². The van der Waals surface area contributed by atoms with Crippen LogP contribution in [0.1, 0.15) is 45.7 Å². The first-order valence-corrected chi connectivity index (χ1v) is 16.8. The number of thioether (sulfide) groups is 1. The number of allylic oxidation sites excluding steroid dienone is 1. The first-order chi connectivity index (χ1) is 21.6. The number of esters is 1. The number of nitrogen functional groups attached to an aromatic ring is 1. The van der Waals surface area contributed by atoms with Gasteiger partial charge in [0.25, 0.3) is 17.7 Å². The quantitative estimate of drug-likeness (QED) is 0.122. The molecule has 0 radical (unpaired) electrons. The van der Waals surface area contributed by atoms with Crippen molar-refractivity contribution in [2.45, 2.75) is 63.8 Å². The van der Waals surface area contributed by atoms with E-state index in [0.717, 1.165) is 36.8 Å². The lowest BCUT2D eigenvalue weighted by Gasteiger charge is -2.49. The number of thiazole rings is 1. The molecule has 5 unspecified atom stereocenters. The molecule has 3 N–H and O–H groups in total. The monoisotopic (exact) mass is 677 g/mol. The van der Waals surface area contributed by atoms with Crippen molar-refractivity contribution < 1.29 is 38.2 Å². The molecule has 240 valence electrons. The fraction of sp³-hybridized carbons (Fsp3) is 0.481. The van der Waals surface area contributed by atoms with Crippen molar-refractivity contribution in [1.82, 2.24) is 24.8 Å². The summed E-state index contributed by atoms with van der Waals surface area (Å²) in [6.45, 7) is 5.44. The summed E-state index contributed by atoms with van der Waals surface area (Å²) in [5.74, 6) is -1.31. The summed E-state index contributed by atoms with van der Waals surface area (Å²) in [6, 6.07) is -0.942. The van der Waals surface area contributed by atoms with Crippen LogP contribution in [0.15, 0.2) is 33.3 Å². The van der Waals surface area contributed by atoms with Gasteiger partial charge in [0.05, 0.1) is 11.1 Å². The van der Waals surface area contributed by atoms with Crippen LogP contribution >= 0.6 is 34.6 Å². The fourth-order valence-corrected chi connectivity index (χ4v) is 7.41. The molecule has 2 aromatic heterocycles. The van der Waals surface area contributed by atoms with E-state index in [2.05, 4.69) is 25.0 Å². The summed E-state index contributed by atoms with van der Waals surface area (Å²) in [5, 5.41) is 13.0. The molecule has 45 heavy (non-hydrogen) atoms. The summed E-state index contributed by atoms with van der Waals surface area (Å²) >= 11 is 3.66. The van der Waals surface area contributed by atoms with Crippen LogP contribution in [0.4, 0.5) is 9.93 Å². The topological polar surface area (TPSA) is 198 Å². The Morgan fingerprint density at radius 3 is 2.64 bits per heavy atom. The molecule has 0 aromatic carbocycles. The molecule has 0 bridgehead atoms. The molecular formula is C27H31N7O8S3. The molecule has 1 saturated carbocycles. The van der Waals surface area contributed by atoms with Gasteiger partial charge in [0.15, 0.2) is 5.13 Å². The summed E-state index contributed by atoms with van der Waals surface area (Å²) in [4.78, 5) is 61.9. The molecule has 18 heteroatoms. The number of rotatable bonds is 10. The Kier molecular flexibility index (Phi) is 10.3. The molecule has 2 aromatic rings. The molecule has 4 heterocycles. The van der Waals surface area contributed by atoms with E-state index in [1.54, 1.807) is 17.5 Å². The number of fused-ring (bicyclic) bond motifs is 1. The van der Waals surface area contributed by atoms with Crippen molar-refractivity contribution in [1.29, 1.82) is 0 Å². The van der Waals surface area contributed by atoms with Crippen LogP contribution in [-0.4, -0.2) is 79.2 Å². The zero-order valence-corrected chi connectivity index (χ0v) is 26.9. The van der Waals surface area contributed by atoms with Gasteiger partial charge in [-0.25, -0.2) is 9.59 Å². The third-order valence-electron chi connectivity index (χ3n) is 7.35. The third-order valence-corrected chi connectivity index (χ3v) is 9.82. The summed E-state index contributed by atoms with van der Waals surface area (Å²) < 4.78 is 20.1. The second kappa shape index (κ2) is 14.4. The van der Waals surface area contributed by atoms with E-state index < -0.39 is 41.6 Å². The van der Waals surface area contributed by atoms with E-state index >= 15 is 0 Å². The number of nitrogens with zero attached hydrogens (tertiary/aromatic N) is 5. The minimum atomic E-state index is -1.30. The van der Waals surface area contributed by atoms with E-state index in [4.69, 9.17) is 24.8 Å². The average Bonchev–Trinajstić information content (AvgIpc) is 3.67. The number of carbonyl (C=O) groups is 4. The Hall–Kier alpha value is -4.03. The zero-order valence-electron chi connectivity index (χ0n) is 24.5. The third kappa shape index (κ3) is 7.80.